The highest BCUT2D eigenvalue weighted by atomic mass is 16.4. The van der Waals surface area contributed by atoms with Gasteiger partial charge in [-0.15, -0.1) is 0 Å². The fraction of sp³-hybridized carbons (Fsp3) is 0. The Morgan fingerprint density at radius 2 is 1.04 bits per heavy atom. The summed E-state index contributed by atoms with van der Waals surface area (Å²) in [5, 5.41) is 0. The molecule has 0 atom stereocenters. The van der Waals surface area contributed by atoms with Crippen molar-refractivity contribution in [3.05, 3.63) is 106 Å². The van der Waals surface area contributed by atoms with Crippen molar-refractivity contribution in [1.82, 2.24) is 0 Å². The lowest BCUT2D eigenvalue weighted by molar-refractivity contribution is 0.104. The molecular weight excluding hydrogens is 336 g/mol. The molecule has 0 bridgehead atoms. The normalized spacial score (nSPS) is 11.9. The molecule has 1 aliphatic rings. The van der Waals surface area contributed by atoms with E-state index >= 15 is 0 Å². The van der Waals surface area contributed by atoms with E-state index in [1.54, 1.807) is 6.07 Å². The minimum absolute atomic E-state index is 0.111. The van der Waals surface area contributed by atoms with Crippen LogP contribution in [0.2, 0.25) is 0 Å². The van der Waals surface area contributed by atoms with E-state index in [0.717, 1.165) is 11.1 Å². The topological polar surface area (TPSA) is 47.3 Å². The number of fused-ring (bicyclic) bond motifs is 3. The van der Waals surface area contributed by atoms with Gasteiger partial charge in [0.25, 0.3) is 0 Å². The van der Waals surface area contributed by atoms with Gasteiger partial charge in [-0.2, -0.15) is 0 Å². The maximum atomic E-state index is 13.2. The van der Waals surface area contributed by atoms with E-state index in [1.807, 2.05) is 78.9 Å². The first-order chi connectivity index (χ1) is 13.3. The van der Waals surface area contributed by atoms with Crippen molar-refractivity contribution in [1.29, 1.82) is 0 Å². The van der Waals surface area contributed by atoms with Gasteiger partial charge in [0.2, 0.25) is 0 Å². The van der Waals surface area contributed by atoms with Gasteiger partial charge >= 0.3 is 5.63 Å². The molecule has 0 radical (unpaired) electrons. The number of rotatable bonds is 2. The highest BCUT2D eigenvalue weighted by Gasteiger charge is 2.34. The van der Waals surface area contributed by atoms with Gasteiger partial charge in [-0.3, -0.25) is 4.79 Å². The molecular formula is C24H14O3. The van der Waals surface area contributed by atoms with Crippen molar-refractivity contribution < 1.29 is 9.21 Å². The molecule has 0 aliphatic heterocycles. The standard InChI is InChI=1S/C24H14O3/c25-22-17-13-7-8-14-18(17)23-21(22)19(15-9-3-1-4-10-15)20(24(26)27-23)16-11-5-2-6-12-16/h1-14H. The summed E-state index contributed by atoms with van der Waals surface area (Å²) in [6.45, 7) is 0. The molecule has 0 unspecified atom stereocenters. The summed E-state index contributed by atoms with van der Waals surface area (Å²) in [5.41, 5.74) is 3.86. The summed E-state index contributed by atoms with van der Waals surface area (Å²) in [6.07, 6.45) is 0. The van der Waals surface area contributed by atoms with Crippen LogP contribution in [0.5, 0.6) is 0 Å². The Labute approximate surface area is 155 Å². The van der Waals surface area contributed by atoms with Crippen LogP contribution in [0.3, 0.4) is 0 Å². The van der Waals surface area contributed by atoms with Crippen molar-refractivity contribution in [2.24, 2.45) is 0 Å². The monoisotopic (exact) mass is 350 g/mol. The fourth-order valence-corrected chi connectivity index (χ4v) is 3.72. The Balaban J connectivity index is 1.94. The maximum absolute atomic E-state index is 13.2. The molecule has 0 saturated heterocycles. The van der Waals surface area contributed by atoms with Gasteiger partial charge < -0.3 is 4.42 Å². The first-order valence-electron chi connectivity index (χ1n) is 8.72. The lowest BCUT2D eigenvalue weighted by Crippen LogP contribution is -2.10. The Bertz CT molecular complexity index is 1240. The van der Waals surface area contributed by atoms with Crippen LogP contribution in [0.1, 0.15) is 15.9 Å². The van der Waals surface area contributed by atoms with Crippen LogP contribution < -0.4 is 5.63 Å². The summed E-state index contributed by atoms with van der Waals surface area (Å²) in [6, 6.07) is 26.1. The average Bonchev–Trinajstić information content (AvgIpc) is 3.00. The van der Waals surface area contributed by atoms with Crippen molar-refractivity contribution >= 4 is 5.78 Å². The second kappa shape index (κ2) is 5.92. The molecule has 0 saturated carbocycles. The van der Waals surface area contributed by atoms with E-state index in [0.29, 0.717) is 33.6 Å². The van der Waals surface area contributed by atoms with Crippen LogP contribution in [0.15, 0.2) is 94.1 Å². The van der Waals surface area contributed by atoms with Crippen LogP contribution in [-0.4, -0.2) is 5.78 Å². The number of benzene rings is 3. The molecule has 0 spiro atoms. The van der Waals surface area contributed by atoms with Gasteiger partial charge in [-0.25, -0.2) is 4.79 Å². The summed E-state index contributed by atoms with van der Waals surface area (Å²) < 4.78 is 5.69. The van der Waals surface area contributed by atoms with E-state index in [-0.39, 0.29) is 5.78 Å². The third-order valence-corrected chi connectivity index (χ3v) is 4.89. The Kier molecular flexibility index (Phi) is 3.41. The molecule has 0 amide bonds. The lowest BCUT2D eigenvalue weighted by Gasteiger charge is -2.13. The Hall–Kier alpha value is -3.72. The fourth-order valence-electron chi connectivity index (χ4n) is 3.72. The van der Waals surface area contributed by atoms with E-state index in [4.69, 9.17) is 4.42 Å². The van der Waals surface area contributed by atoms with Crippen molar-refractivity contribution in [3.63, 3.8) is 0 Å². The van der Waals surface area contributed by atoms with Crippen LogP contribution in [-0.2, 0) is 0 Å². The van der Waals surface area contributed by atoms with Gasteiger partial charge in [0.15, 0.2) is 11.5 Å². The summed E-state index contributed by atoms with van der Waals surface area (Å²) >= 11 is 0. The quantitative estimate of drug-likeness (QED) is 0.440. The molecule has 0 fully saturated rings. The van der Waals surface area contributed by atoms with Crippen LogP contribution in [0.4, 0.5) is 0 Å². The van der Waals surface area contributed by atoms with Crippen LogP contribution in [0.25, 0.3) is 33.6 Å². The van der Waals surface area contributed by atoms with Crippen molar-refractivity contribution in [3.8, 4) is 33.6 Å². The van der Waals surface area contributed by atoms with Gasteiger partial charge in [0, 0.05) is 16.7 Å². The van der Waals surface area contributed by atoms with Gasteiger partial charge in [0.1, 0.15) is 0 Å². The largest absolute Gasteiger partial charge is 0.421 e. The number of carbonyl (C=O) groups is 1. The van der Waals surface area contributed by atoms with Gasteiger partial charge in [-0.05, 0) is 11.1 Å². The lowest BCUT2D eigenvalue weighted by atomic mass is 9.91. The predicted octanol–water partition coefficient (Wildman–Crippen LogP) is 5.19. The number of hydrogen-bond donors (Lipinski definition) is 0. The van der Waals surface area contributed by atoms with E-state index in [9.17, 15) is 9.59 Å². The second-order valence-corrected chi connectivity index (χ2v) is 6.45. The zero-order valence-corrected chi connectivity index (χ0v) is 14.3. The van der Waals surface area contributed by atoms with Gasteiger partial charge in [-0.1, -0.05) is 84.9 Å². The van der Waals surface area contributed by atoms with Gasteiger partial charge in [0.05, 0.1) is 11.1 Å². The molecule has 4 aromatic rings. The zero-order chi connectivity index (χ0) is 18.4. The number of carbonyl (C=O) groups excluding carboxylic acids is 1. The Morgan fingerprint density at radius 3 is 1.67 bits per heavy atom. The molecule has 27 heavy (non-hydrogen) atoms. The summed E-state index contributed by atoms with van der Waals surface area (Å²) in [4.78, 5) is 26.2. The highest BCUT2D eigenvalue weighted by Crippen LogP contribution is 2.44. The summed E-state index contributed by atoms with van der Waals surface area (Å²) in [7, 11) is 0. The third-order valence-electron chi connectivity index (χ3n) is 4.89. The molecule has 1 aliphatic carbocycles. The minimum atomic E-state index is -0.441. The maximum Gasteiger partial charge on any atom is 0.344 e. The second-order valence-electron chi connectivity index (χ2n) is 6.45. The van der Waals surface area contributed by atoms with E-state index < -0.39 is 5.63 Å². The molecule has 0 N–H and O–H groups in total. The van der Waals surface area contributed by atoms with Crippen LogP contribution in [0, 0.1) is 0 Å². The third kappa shape index (κ3) is 2.29. The molecule has 3 aromatic carbocycles. The predicted molar refractivity (Wildman–Crippen MR) is 105 cm³/mol. The smallest absolute Gasteiger partial charge is 0.344 e. The average molecular weight is 350 g/mol. The van der Waals surface area contributed by atoms with Crippen molar-refractivity contribution in [2.75, 3.05) is 0 Å². The molecule has 128 valence electrons. The first kappa shape index (κ1) is 15.5. The number of hydrogen-bond acceptors (Lipinski definition) is 3. The molecule has 1 heterocycles. The zero-order valence-electron chi connectivity index (χ0n) is 14.3. The minimum Gasteiger partial charge on any atom is -0.421 e. The Morgan fingerprint density at radius 1 is 0.519 bits per heavy atom. The molecule has 1 aromatic heterocycles. The SMILES string of the molecule is O=C1c2ccccc2-c2oc(=O)c(-c3ccccc3)c(-c3ccccc3)c21. The number of ketones is 1. The van der Waals surface area contributed by atoms with E-state index in [1.165, 1.54) is 0 Å². The van der Waals surface area contributed by atoms with E-state index in [2.05, 4.69) is 0 Å². The first-order valence-corrected chi connectivity index (χ1v) is 8.72. The molecule has 5 rings (SSSR count). The van der Waals surface area contributed by atoms with Crippen molar-refractivity contribution in [2.45, 2.75) is 0 Å². The molecule has 3 nitrogen and oxygen atoms in total. The molecule has 3 heteroatoms. The summed E-state index contributed by atoms with van der Waals surface area (Å²) in [5.74, 6) is 0.250. The van der Waals surface area contributed by atoms with Crippen LogP contribution >= 0.6 is 0 Å². The highest BCUT2D eigenvalue weighted by molar-refractivity contribution is 6.24.